The van der Waals surface area contributed by atoms with Gasteiger partial charge in [-0.25, -0.2) is 0 Å². The monoisotopic (exact) mass is 279 g/mol. The Balaban J connectivity index is 2.19. The Morgan fingerprint density at radius 3 is 3.00 bits per heavy atom. The van der Waals surface area contributed by atoms with E-state index in [-0.39, 0.29) is 12.5 Å². The molecule has 0 saturated carbocycles. The average Bonchev–Trinajstić information content (AvgIpc) is 2.98. The van der Waals surface area contributed by atoms with Gasteiger partial charge < -0.3 is 20.3 Å². The van der Waals surface area contributed by atoms with Crippen LogP contribution in [0.1, 0.15) is 42.3 Å². The number of carbonyl (C=O) groups is 1. The van der Waals surface area contributed by atoms with E-state index in [9.17, 15) is 4.79 Å². The third-order valence-electron chi connectivity index (χ3n) is 3.72. The van der Waals surface area contributed by atoms with Gasteiger partial charge in [-0.05, 0) is 24.5 Å². The van der Waals surface area contributed by atoms with Gasteiger partial charge in [0.2, 0.25) is 0 Å². The van der Waals surface area contributed by atoms with Crippen molar-refractivity contribution in [3.63, 3.8) is 0 Å². The number of carboxylic acid groups (broad SMARTS) is 1. The molecular formula is C15H21NO4. The van der Waals surface area contributed by atoms with Gasteiger partial charge in [0.05, 0.1) is 13.7 Å². The van der Waals surface area contributed by atoms with Crippen LogP contribution in [-0.4, -0.2) is 31.4 Å². The van der Waals surface area contributed by atoms with Crippen LogP contribution in [0.25, 0.3) is 0 Å². The molecule has 0 aromatic heterocycles. The van der Waals surface area contributed by atoms with E-state index in [4.69, 9.17) is 20.3 Å². The molecule has 0 bridgehead atoms. The quantitative estimate of drug-likeness (QED) is 0.833. The number of methoxy groups -OCH3 is 1. The number of hydrogen-bond acceptors (Lipinski definition) is 4. The zero-order chi connectivity index (χ0) is 14.5. The number of rotatable bonds is 6. The summed E-state index contributed by atoms with van der Waals surface area (Å²) in [5.41, 5.74) is 8.17. The summed E-state index contributed by atoms with van der Waals surface area (Å²) in [5.74, 6) is 0.275. The summed E-state index contributed by atoms with van der Waals surface area (Å²) in [6.07, 6.45) is 1.47. The zero-order valence-electron chi connectivity index (χ0n) is 11.7. The highest BCUT2D eigenvalue weighted by atomic mass is 16.5. The molecule has 3 N–H and O–H groups in total. The minimum atomic E-state index is -0.834. The predicted octanol–water partition coefficient (Wildman–Crippen LogP) is 2.06. The molecule has 2 atom stereocenters. The van der Waals surface area contributed by atoms with E-state index in [1.54, 1.807) is 7.11 Å². The van der Waals surface area contributed by atoms with Crippen LogP contribution in [-0.2, 0) is 9.53 Å². The molecule has 1 fully saturated rings. The molecule has 2 unspecified atom stereocenters. The second-order valence-electron chi connectivity index (χ2n) is 5.10. The Labute approximate surface area is 118 Å². The van der Waals surface area contributed by atoms with Crippen LogP contribution >= 0.6 is 0 Å². The van der Waals surface area contributed by atoms with Crippen molar-refractivity contribution in [3.8, 4) is 5.75 Å². The van der Waals surface area contributed by atoms with Crippen LogP contribution in [0.5, 0.6) is 5.75 Å². The third kappa shape index (κ3) is 3.49. The maximum Gasteiger partial charge on any atom is 0.303 e. The number of hydrogen-bond donors (Lipinski definition) is 2. The highest BCUT2D eigenvalue weighted by Gasteiger charge is 2.21. The van der Waals surface area contributed by atoms with E-state index >= 15 is 0 Å². The van der Waals surface area contributed by atoms with Crippen molar-refractivity contribution in [3.05, 3.63) is 29.3 Å². The van der Waals surface area contributed by atoms with Gasteiger partial charge in [0.25, 0.3) is 0 Å². The van der Waals surface area contributed by atoms with Crippen molar-refractivity contribution in [2.45, 2.75) is 31.2 Å². The molecule has 1 saturated heterocycles. The molecule has 0 radical (unpaired) electrons. The van der Waals surface area contributed by atoms with Gasteiger partial charge >= 0.3 is 5.97 Å². The molecule has 0 aliphatic carbocycles. The summed E-state index contributed by atoms with van der Waals surface area (Å²) < 4.78 is 10.7. The summed E-state index contributed by atoms with van der Waals surface area (Å²) in [6.45, 7) is 1.52. The molecule has 5 nitrogen and oxygen atoms in total. The highest BCUT2D eigenvalue weighted by Crippen LogP contribution is 2.32. The van der Waals surface area contributed by atoms with Gasteiger partial charge in [-0.1, -0.05) is 12.1 Å². The van der Waals surface area contributed by atoms with Crippen molar-refractivity contribution in [2.75, 3.05) is 20.3 Å². The Bertz CT molecular complexity index is 469. The van der Waals surface area contributed by atoms with Crippen LogP contribution in [0.3, 0.4) is 0 Å². The minimum Gasteiger partial charge on any atom is -0.496 e. The Kier molecular flexibility index (Phi) is 4.98. The van der Waals surface area contributed by atoms with Gasteiger partial charge in [-0.3, -0.25) is 4.79 Å². The lowest BCUT2D eigenvalue weighted by molar-refractivity contribution is -0.137. The fourth-order valence-electron chi connectivity index (χ4n) is 2.53. The Morgan fingerprint density at radius 1 is 1.60 bits per heavy atom. The first-order valence-electron chi connectivity index (χ1n) is 6.84. The topological polar surface area (TPSA) is 81.8 Å². The normalized spacial score (nSPS) is 19.8. The van der Waals surface area contributed by atoms with Crippen molar-refractivity contribution in [1.29, 1.82) is 0 Å². The van der Waals surface area contributed by atoms with E-state index in [2.05, 4.69) is 0 Å². The van der Waals surface area contributed by atoms with Gasteiger partial charge in [0, 0.05) is 30.6 Å². The second-order valence-corrected chi connectivity index (χ2v) is 5.10. The summed E-state index contributed by atoms with van der Waals surface area (Å²) in [7, 11) is 1.60. The van der Waals surface area contributed by atoms with Gasteiger partial charge in [-0.15, -0.1) is 0 Å². The number of ether oxygens (including phenoxy) is 2. The van der Waals surface area contributed by atoms with Gasteiger partial charge in [0.15, 0.2) is 0 Å². The molecule has 1 aliphatic heterocycles. The zero-order valence-corrected chi connectivity index (χ0v) is 11.7. The van der Waals surface area contributed by atoms with Crippen LogP contribution in [0.15, 0.2) is 18.2 Å². The molecule has 1 heterocycles. The summed E-state index contributed by atoms with van der Waals surface area (Å²) in [5, 5.41) is 8.76. The standard InChI is InChI=1S/C15H21NO4/c1-19-14-4-2-10(11-6-7-20-9-11)8-12(14)13(16)3-5-15(17)18/h2,4,8,11,13H,3,5-7,9,16H2,1H3,(H,17,18). The van der Waals surface area contributed by atoms with E-state index < -0.39 is 5.97 Å². The molecule has 2 rings (SSSR count). The fourth-order valence-corrected chi connectivity index (χ4v) is 2.53. The number of carboxylic acids is 1. The maximum absolute atomic E-state index is 10.7. The highest BCUT2D eigenvalue weighted by molar-refractivity contribution is 5.66. The van der Waals surface area contributed by atoms with E-state index in [0.717, 1.165) is 25.2 Å². The molecule has 1 aliphatic rings. The lowest BCUT2D eigenvalue weighted by Crippen LogP contribution is -2.14. The van der Waals surface area contributed by atoms with E-state index in [0.29, 0.717) is 18.1 Å². The first-order chi connectivity index (χ1) is 9.61. The molecule has 1 aromatic rings. The molecule has 20 heavy (non-hydrogen) atoms. The number of nitrogens with two attached hydrogens (primary N) is 1. The van der Waals surface area contributed by atoms with Crippen LogP contribution in [0.2, 0.25) is 0 Å². The fraction of sp³-hybridized carbons (Fsp3) is 0.533. The van der Waals surface area contributed by atoms with Crippen molar-refractivity contribution in [1.82, 2.24) is 0 Å². The van der Waals surface area contributed by atoms with Crippen LogP contribution in [0.4, 0.5) is 0 Å². The molecular weight excluding hydrogens is 258 g/mol. The van der Waals surface area contributed by atoms with Crippen molar-refractivity contribution >= 4 is 5.97 Å². The largest absolute Gasteiger partial charge is 0.496 e. The van der Waals surface area contributed by atoms with Crippen LogP contribution in [0, 0.1) is 0 Å². The predicted molar refractivity (Wildman–Crippen MR) is 75.0 cm³/mol. The minimum absolute atomic E-state index is 0.0566. The smallest absolute Gasteiger partial charge is 0.303 e. The summed E-state index contributed by atoms with van der Waals surface area (Å²) in [6, 6.07) is 5.64. The van der Waals surface area contributed by atoms with E-state index in [1.807, 2.05) is 18.2 Å². The average molecular weight is 279 g/mol. The molecule has 110 valence electrons. The molecule has 5 heteroatoms. The number of benzene rings is 1. The lowest BCUT2D eigenvalue weighted by atomic mass is 9.93. The van der Waals surface area contributed by atoms with Gasteiger partial charge in [-0.2, -0.15) is 0 Å². The maximum atomic E-state index is 10.7. The van der Waals surface area contributed by atoms with Crippen molar-refractivity contribution < 1.29 is 19.4 Å². The third-order valence-corrected chi connectivity index (χ3v) is 3.72. The number of aliphatic carboxylic acids is 1. The van der Waals surface area contributed by atoms with Gasteiger partial charge in [0.1, 0.15) is 5.75 Å². The summed E-state index contributed by atoms with van der Waals surface area (Å²) in [4.78, 5) is 10.7. The summed E-state index contributed by atoms with van der Waals surface area (Å²) >= 11 is 0. The molecule has 1 aromatic carbocycles. The first-order valence-corrected chi connectivity index (χ1v) is 6.84. The molecule has 0 spiro atoms. The first kappa shape index (κ1) is 14.8. The van der Waals surface area contributed by atoms with E-state index in [1.165, 1.54) is 5.56 Å². The van der Waals surface area contributed by atoms with Crippen molar-refractivity contribution in [2.24, 2.45) is 5.73 Å². The second kappa shape index (κ2) is 6.72. The Morgan fingerprint density at radius 2 is 2.40 bits per heavy atom. The lowest BCUT2D eigenvalue weighted by Gasteiger charge is -2.18. The SMILES string of the molecule is COc1ccc(C2CCOC2)cc1C(N)CCC(=O)O. The van der Waals surface area contributed by atoms with Crippen LogP contribution < -0.4 is 10.5 Å². The Hall–Kier alpha value is -1.59. The molecule has 0 amide bonds.